The number of nitrogens with zero attached hydrogens (tertiary/aromatic N) is 3. The summed E-state index contributed by atoms with van der Waals surface area (Å²) >= 11 is 0. The molecule has 0 radical (unpaired) electrons. The zero-order chi connectivity index (χ0) is 16.2. The molecule has 2 heterocycles. The average Bonchev–Trinajstić information content (AvgIpc) is 3.10. The van der Waals surface area contributed by atoms with E-state index in [1.807, 2.05) is 24.3 Å². The van der Waals surface area contributed by atoms with Crippen molar-refractivity contribution in [3.05, 3.63) is 47.8 Å². The fourth-order valence-electron chi connectivity index (χ4n) is 2.69. The molecule has 0 bridgehead atoms. The van der Waals surface area contributed by atoms with Crippen LogP contribution in [0.1, 0.15) is 48.7 Å². The van der Waals surface area contributed by atoms with E-state index in [0.29, 0.717) is 17.6 Å². The molecule has 1 amide bonds. The second kappa shape index (κ2) is 6.77. The van der Waals surface area contributed by atoms with Crippen LogP contribution < -0.4 is 10.2 Å². The predicted molar refractivity (Wildman–Crippen MR) is 92.0 cm³/mol. The number of hydrogen-bond acceptors (Lipinski definition) is 4. The summed E-state index contributed by atoms with van der Waals surface area (Å²) in [4.78, 5) is 23.2. The Morgan fingerprint density at radius 1 is 1.13 bits per heavy atom. The van der Waals surface area contributed by atoms with Gasteiger partial charge in [-0.1, -0.05) is 26.0 Å². The van der Waals surface area contributed by atoms with Crippen molar-refractivity contribution in [2.45, 2.75) is 32.6 Å². The third-order valence-corrected chi connectivity index (χ3v) is 4.10. The summed E-state index contributed by atoms with van der Waals surface area (Å²) in [6.45, 7) is 6.21. The van der Waals surface area contributed by atoms with Gasteiger partial charge in [0.25, 0.3) is 5.91 Å². The average molecular weight is 310 g/mol. The second-order valence-electron chi connectivity index (χ2n) is 6.17. The van der Waals surface area contributed by atoms with E-state index in [1.165, 1.54) is 5.56 Å². The molecule has 0 unspecified atom stereocenters. The van der Waals surface area contributed by atoms with Crippen molar-refractivity contribution in [2.75, 3.05) is 23.3 Å². The molecule has 1 aromatic carbocycles. The number of amides is 1. The molecule has 0 saturated carbocycles. The maximum atomic E-state index is 12.4. The summed E-state index contributed by atoms with van der Waals surface area (Å²) in [5.41, 5.74) is 2.43. The van der Waals surface area contributed by atoms with Crippen molar-refractivity contribution in [1.29, 1.82) is 0 Å². The lowest BCUT2D eigenvalue weighted by molar-refractivity contribution is 0.102. The Morgan fingerprint density at radius 2 is 1.83 bits per heavy atom. The van der Waals surface area contributed by atoms with Crippen LogP contribution in [0, 0.1) is 0 Å². The lowest BCUT2D eigenvalue weighted by Gasteiger charge is -2.15. The lowest BCUT2D eigenvalue weighted by atomic mass is 10.0. The molecular weight excluding hydrogens is 288 g/mol. The normalized spacial score (nSPS) is 14.3. The highest BCUT2D eigenvalue weighted by molar-refractivity contribution is 6.02. The Labute approximate surface area is 136 Å². The lowest BCUT2D eigenvalue weighted by Crippen LogP contribution is -2.22. The van der Waals surface area contributed by atoms with E-state index in [9.17, 15) is 4.79 Å². The van der Waals surface area contributed by atoms with Gasteiger partial charge in [-0.25, -0.2) is 9.97 Å². The van der Waals surface area contributed by atoms with Crippen LogP contribution in [0.25, 0.3) is 0 Å². The van der Waals surface area contributed by atoms with E-state index in [-0.39, 0.29) is 5.91 Å². The van der Waals surface area contributed by atoms with Gasteiger partial charge < -0.3 is 10.2 Å². The van der Waals surface area contributed by atoms with Gasteiger partial charge in [0.15, 0.2) is 0 Å². The first-order chi connectivity index (χ1) is 11.1. The number of carbonyl (C=O) groups is 1. The number of benzene rings is 1. The van der Waals surface area contributed by atoms with Crippen molar-refractivity contribution in [2.24, 2.45) is 0 Å². The van der Waals surface area contributed by atoms with Crippen molar-refractivity contribution in [3.8, 4) is 0 Å². The molecule has 5 nitrogen and oxygen atoms in total. The highest BCUT2D eigenvalue weighted by Crippen LogP contribution is 2.18. The summed E-state index contributed by atoms with van der Waals surface area (Å²) in [5, 5.41) is 2.89. The monoisotopic (exact) mass is 310 g/mol. The van der Waals surface area contributed by atoms with Crippen molar-refractivity contribution in [3.63, 3.8) is 0 Å². The Kier molecular flexibility index (Phi) is 4.55. The maximum Gasteiger partial charge on any atom is 0.274 e. The van der Waals surface area contributed by atoms with Crippen LogP contribution in [0.5, 0.6) is 0 Å². The van der Waals surface area contributed by atoms with Crippen LogP contribution in [0.15, 0.2) is 36.5 Å². The molecule has 1 saturated heterocycles. The molecule has 1 aromatic heterocycles. The minimum Gasteiger partial charge on any atom is -0.341 e. The maximum absolute atomic E-state index is 12.4. The third-order valence-electron chi connectivity index (χ3n) is 4.10. The molecule has 23 heavy (non-hydrogen) atoms. The molecule has 0 atom stereocenters. The highest BCUT2D eigenvalue weighted by Gasteiger charge is 2.17. The summed E-state index contributed by atoms with van der Waals surface area (Å²) in [6, 6.07) is 9.58. The van der Waals surface area contributed by atoms with Gasteiger partial charge >= 0.3 is 0 Å². The number of aromatic nitrogens is 2. The molecule has 0 spiro atoms. The van der Waals surface area contributed by atoms with E-state index in [1.54, 1.807) is 12.3 Å². The fraction of sp³-hybridized carbons (Fsp3) is 0.389. The van der Waals surface area contributed by atoms with Gasteiger partial charge in [0.05, 0.1) is 0 Å². The molecule has 3 rings (SSSR count). The zero-order valence-corrected chi connectivity index (χ0v) is 13.6. The first-order valence-electron chi connectivity index (χ1n) is 8.13. The molecular formula is C18H22N4O. The zero-order valence-electron chi connectivity index (χ0n) is 13.6. The Bertz CT molecular complexity index is 676. The third kappa shape index (κ3) is 3.67. The van der Waals surface area contributed by atoms with Gasteiger partial charge in [0, 0.05) is 25.0 Å². The largest absolute Gasteiger partial charge is 0.341 e. The molecule has 1 N–H and O–H groups in total. The Balaban J connectivity index is 1.71. The van der Waals surface area contributed by atoms with E-state index >= 15 is 0 Å². The molecule has 1 aliphatic rings. The minimum absolute atomic E-state index is 0.204. The Hall–Kier alpha value is -2.43. The minimum atomic E-state index is -0.204. The first kappa shape index (κ1) is 15.5. The van der Waals surface area contributed by atoms with E-state index in [0.717, 1.165) is 31.6 Å². The van der Waals surface area contributed by atoms with Gasteiger partial charge in [-0.05, 0) is 42.5 Å². The van der Waals surface area contributed by atoms with Crippen molar-refractivity contribution < 1.29 is 4.79 Å². The molecule has 2 aromatic rings. The summed E-state index contributed by atoms with van der Waals surface area (Å²) in [7, 11) is 0. The Morgan fingerprint density at radius 3 is 2.48 bits per heavy atom. The second-order valence-corrected chi connectivity index (χ2v) is 6.17. The summed E-state index contributed by atoms with van der Waals surface area (Å²) < 4.78 is 0. The van der Waals surface area contributed by atoms with Crippen LogP contribution in [-0.4, -0.2) is 29.0 Å². The quantitative estimate of drug-likeness (QED) is 0.939. The summed E-state index contributed by atoms with van der Waals surface area (Å²) in [5.74, 6) is 0.917. The number of anilines is 2. The van der Waals surface area contributed by atoms with Crippen LogP contribution in [0.3, 0.4) is 0 Å². The van der Waals surface area contributed by atoms with E-state index in [2.05, 4.69) is 34.0 Å². The number of nitrogens with one attached hydrogen (secondary N) is 1. The van der Waals surface area contributed by atoms with Crippen LogP contribution >= 0.6 is 0 Å². The number of carbonyl (C=O) groups excluding carboxylic acids is 1. The molecule has 1 fully saturated rings. The smallest absolute Gasteiger partial charge is 0.274 e. The number of hydrogen-bond donors (Lipinski definition) is 1. The topological polar surface area (TPSA) is 58.1 Å². The van der Waals surface area contributed by atoms with Gasteiger partial charge in [-0.3, -0.25) is 4.79 Å². The molecule has 120 valence electrons. The predicted octanol–water partition coefficient (Wildman–Crippen LogP) is 3.45. The van der Waals surface area contributed by atoms with Crippen molar-refractivity contribution >= 4 is 17.5 Å². The van der Waals surface area contributed by atoms with Crippen LogP contribution in [0.4, 0.5) is 11.6 Å². The standard InChI is InChI=1S/C18H22N4O/c1-13(2)14-5-7-15(8-6-14)20-17(23)16-9-10-19-18(21-16)22-11-3-4-12-22/h5-10,13H,3-4,11-12H2,1-2H3,(H,20,23). The van der Waals surface area contributed by atoms with Crippen LogP contribution in [-0.2, 0) is 0 Å². The van der Waals surface area contributed by atoms with E-state index < -0.39 is 0 Å². The molecule has 1 aliphatic heterocycles. The van der Waals surface area contributed by atoms with Gasteiger partial charge in [-0.2, -0.15) is 0 Å². The van der Waals surface area contributed by atoms with E-state index in [4.69, 9.17) is 0 Å². The highest BCUT2D eigenvalue weighted by atomic mass is 16.1. The van der Waals surface area contributed by atoms with Gasteiger partial charge in [-0.15, -0.1) is 0 Å². The van der Waals surface area contributed by atoms with Gasteiger partial charge in [0.1, 0.15) is 5.69 Å². The molecule has 5 heteroatoms. The number of rotatable bonds is 4. The fourth-order valence-corrected chi connectivity index (χ4v) is 2.69. The summed E-state index contributed by atoms with van der Waals surface area (Å²) in [6.07, 6.45) is 3.96. The molecule has 0 aliphatic carbocycles. The van der Waals surface area contributed by atoms with Crippen LogP contribution in [0.2, 0.25) is 0 Å². The SMILES string of the molecule is CC(C)c1ccc(NC(=O)c2ccnc(N3CCCC3)n2)cc1. The first-order valence-corrected chi connectivity index (χ1v) is 8.13. The van der Waals surface area contributed by atoms with Gasteiger partial charge in [0.2, 0.25) is 5.95 Å². The van der Waals surface area contributed by atoms with Crippen molar-refractivity contribution in [1.82, 2.24) is 9.97 Å².